The number of nitrogens with zero attached hydrogens (tertiary/aromatic N) is 1. The summed E-state index contributed by atoms with van der Waals surface area (Å²) >= 11 is 5.06. The molecule has 81 valence electrons. The van der Waals surface area contributed by atoms with Gasteiger partial charge in [0.15, 0.2) is 0 Å². The Morgan fingerprint density at radius 3 is 2.47 bits per heavy atom. The first kappa shape index (κ1) is 14.3. The molecule has 1 radical (unpaired) electrons. The molecule has 0 aliphatic carbocycles. The van der Waals surface area contributed by atoms with Crippen LogP contribution in [0.3, 0.4) is 0 Å². The van der Waals surface area contributed by atoms with Gasteiger partial charge in [0.05, 0.1) is 0 Å². The fourth-order valence-corrected chi connectivity index (χ4v) is 1.36. The van der Waals surface area contributed by atoms with Crippen LogP contribution in [-0.2, 0) is 32.4 Å². The van der Waals surface area contributed by atoms with Crippen molar-refractivity contribution in [1.29, 1.82) is 0 Å². The van der Waals surface area contributed by atoms with Gasteiger partial charge in [-0.3, -0.25) is 4.98 Å². The van der Waals surface area contributed by atoms with Crippen molar-refractivity contribution in [1.82, 2.24) is 4.98 Å². The van der Waals surface area contributed by atoms with Gasteiger partial charge in [0, 0.05) is 6.20 Å². The monoisotopic (exact) mass is 398 g/mol. The third-order valence-corrected chi connectivity index (χ3v) is 2.06. The van der Waals surface area contributed by atoms with Crippen molar-refractivity contribution in [3.63, 3.8) is 0 Å². The molecule has 0 spiro atoms. The smallest absolute Gasteiger partial charge is 0.779 e. The van der Waals surface area contributed by atoms with Gasteiger partial charge in [-0.05, 0) is 17.5 Å². The van der Waals surface area contributed by atoms with Crippen LogP contribution in [0.25, 0.3) is 10.9 Å². The van der Waals surface area contributed by atoms with Gasteiger partial charge in [-0.2, -0.15) is 4.90 Å². The predicted molar refractivity (Wildman–Crippen MR) is 60.4 cm³/mol. The molecule has 0 amide bonds. The largest absolute Gasteiger partial charge is 1.00 e. The first-order valence-electron chi connectivity index (χ1n) is 4.53. The van der Waals surface area contributed by atoms with Crippen LogP contribution in [0.4, 0.5) is 0 Å². The maximum Gasteiger partial charge on any atom is 1.00 e. The maximum atomic E-state index is 9.39. The average Bonchev–Trinajstić information content (AvgIpc) is 2.27. The maximum absolute atomic E-state index is 9.39. The minimum Gasteiger partial charge on any atom is -0.779 e. The van der Waals surface area contributed by atoms with Crippen molar-refractivity contribution in [2.75, 3.05) is 0 Å². The van der Waals surface area contributed by atoms with Crippen molar-refractivity contribution >= 4 is 23.5 Å². The van der Waals surface area contributed by atoms with Crippen LogP contribution < -0.4 is 0 Å². The zero-order chi connectivity index (χ0) is 10.6. The molecule has 0 aliphatic rings. The molecule has 0 aliphatic heterocycles. The van der Waals surface area contributed by atoms with Crippen LogP contribution >= 0.6 is 0 Å². The Balaban J connectivity index is 0.000000617. The molecule has 0 bridgehead atoms. The van der Waals surface area contributed by atoms with Crippen LogP contribution in [-0.4, -0.2) is 10.1 Å². The zero-order valence-corrected chi connectivity index (χ0v) is 11.9. The predicted octanol–water partition coefficient (Wildman–Crippen LogP) is 2.87. The molecule has 2 nitrogen and oxygen atoms in total. The molecule has 1 aromatic heterocycles. The number of phenolic OH excluding ortho intramolecular Hbond substituents is 1. The first-order chi connectivity index (χ1) is 6.79. The Morgan fingerprint density at radius 2 is 1.87 bits per heavy atom. The van der Waals surface area contributed by atoms with E-state index in [9.17, 15) is 5.11 Å². The Hall–Kier alpha value is -0.714. The van der Waals surface area contributed by atoms with E-state index in [1.807, 2.05) is 19.9 Å². The Kier molecular flexibility index (Phi) is 6.39. The molecular formula is C11H12NOOsS. The van der Waals surface area contributed by atoms with E-state index in [1.165, 1.54) is 0 Å². The quantitative estimate of drug-likeness (QED) is 0.695. The second kappa shape index (κ2) is 6.71. The molecule has 2 rings (SSSR count). The van der Waals surface area contributed by atoms with Crippen LogP contribution in [0.5, 0.6) is 5.75 Å². The third-order valence-electron chi connectivity index (χ3n) is 1.71. The first-order valence-corrected chi connectivity index (χ1v) is 4.93. The molecule has 0 fully saturated rings. The van der Waals surface area contributed by atoms with Crippen LogP contribution in [0.2, 0.25) is 0 Å². The van der Waals surface area contributed by atoms with E-state index in [1.54, 1.807) is 24.4 Å². The molecule has 0 atom stereocenters. The molecule has 0 saturated carbocycles. The molecule has 15 heavy (non-hydrogen) atoms. The summed E-state index contributed by atoms with van der Waals surface area (Å²) in [6.45, 7) is 4.00. The van der Waals surface area contributed by atoms with Crippen LogP contribution in [0, 0.1) is 0 Å². The number of aromatic hydroxyl groups is 1. The van der Waals surface area contributed by atoms with Crippen molar-refractivity contribution in [2.45, 2.75) is 18.7 Å². The van der Waals surface area contributed by atoms with E-state index in [-0.39, 0.29) is 25.5 Å². The Bertz CT molecular complexity index is 393. The summed E-state index contributed by atoms with van der Waals surface area (Å²) in [5.41, 5.74) is 0.574. The van der Waals surface area contributed by atoms with Gasteiger partial charge in [0.25, 0.3) is 0 Å². The third kappa shape index (κ3) is 3.12. The number of phenols is 1. The van der Waals surface area contributed by atoms with Crippen molar-refractivity contribution in [2.24, 2.45) is 0 Å². The van der Waals surface area contributed by atoms with Gasteiger partial charge < -0.3 is 17.7 Å². The fourth-order valence-electron chi connectivity index (χ4n) is 1.13. The van der Waals surface area contributed by atoms with Gasteiger partial charge in [-0.25, -0.2) is 0 Å². The van der Waals surface area contributed by atoms with Crippen LogP contribution in [0.15, 0.2) is 35.4 Å². The SMILES string of the molecule is CC.Oc1ccc([S-])c2cccnc12.[Os+]. The van der Waals surface area contributed by atoms with Crippen LogP contribution in [0.1, 0.15) is 13.8 Å². The summed E-state index contributed by atoms with van der Waals surface area (Å²) in [6, 6.07) is 6.92. The van der Waals surface area contributed by atoms with Gasteiger partial charge in [0.2, 0.25) is 0 Å². The van der Waals surface area contributed by atoms with E-state index in [2.05, 4.69) is 4.98 Å². The molecule has 1 N–H and O–H groups in total. The second-order valence-corrected chi connectivity index (χ2v) is 2.92. The molecule has 2 aromatic rings. The van der Waals surface area contributed by atoms with E-state index in [4.69, 9.17) is 12.6 Å². The molecule has 1 aromatic carbocycles. The summed E-state index contributed by atoms with van der Waals surface area (Å²) in [6.07, 6.45) is 1.64. The standard InChI is InChI=1S/C9H7NOS.C2H6.Os/c11-7-3-4-8(12)6-2-1-5-10-9(6)7;1-2;/h1-5,11-12H;1-2H3;/q;;+1/p-1. The Morgan fingerprint density at radius 1 is 1.20 bits per heavy atom. The number of benzene rings is 1. The van der Waals surface area contributed by atoms with Crippen molar-refractivity contribution < 1.29 is 24.9 Å². The van der Waals surface area contributed by atoms with E-state index >= 15 is 0 Å². The minimum atomic E-state index is 0. The summed E-state index contributed by atoms with van der Waals surface area (Å²) < 4.78 is 0. The number of hydrogen-bond donors (Lipinski definition) is 1. The van der Waals surface area contributed by atoms with Gasteiger partial charge >= 0.3 is 19.8 Å². The van der Waals surface area contributed by atoms with E-state index < -0.39 is 0 Å². The summed E-state index contributed by atoms with van der Waals surface area (Å²) in [5.74, 6) is 0.180. The number of pyridine rings is 1. The normalized spacial score (nSPS) is 8.67. The molecule has 0 unspecified atom stereocenters. The molecule has 4 heteroatoms. The van der Waals surface area contributed by atoms with Gasteiger partial charge in [-0.15, -0.1) is 0 Å². The average molecular weight is 397 g/mol. The molecular weight excluding hydrogens is 384 g/mol. The number of hydrogen-bond acceptors (Lipinski definition) is 3. The summed E-state index contributed by atoms with van der Waals surface area (Å²) in [5, 5.41) is 10.2. The van der Waals surface area contributed by atoms with Crippen molar-refractivity contribution in [3.8, 4) is 5.75 Å². The topological polar surface area (TPSA) is 33.1 Å². The second-order valence-electron chi connectivity index (χ2n) is 2.48. The minimum absolute atomic E-state index is 0. The molecule has 1 heterocycles. The fraction of sp³-hybridized carbons (Fsp3) is 0.182. The summed E-state index contributed by atoms with van der Waals surface area (Å²) in [4.78, 5) is 4.74. The Labute approximate surface area is 108 Å². The van der Waals surface area contributed by atoms with E-state index in [0.717, 1.165) is 10.3 Å². The number of fused-ring (bicyclic) bond motifs is 1. The molecule has 0 saturated heterocycles. The summed E-state index contributed by atoms with van der Waals surface area (Å²) in [7, 11) is 0. The zero-order valence-electron chi connectivity index (χ0n) is 8.54. The number of aromatic nitrogens is 1. The van der Waals surface area contributed by atoms with Crippen molar-refractivity contribution in [3.05, 3.63) is 30.5 Å². The van der Waals surface area contributed by atoms with Gasteiger partial charge in [-0.1, -0.05) is 26.0 Å². The number of rotatable bonds is 0. The van der Waals surface area contributed by atoms with Gasteiger partial charge in [0.1, 0.15) is 11.3 Å². The van der Waals surface area contributed by atoms with E-state index in [0.29, 0.717) is 5.52 Å².